The first-order valence-corrected chi connectivity index (χ1v) is 8.61. The molecule has 21 heavy (non-hydrogen) atoms. The van der Waals surface area contributed by atoms with Crippen molar-refractivity contribution in [3.05, 3.63) is 22.8 Å². The Balaban J connectivity index is 2.12. The summed E-state index contributed by atoms with van der Waals surface area (Å²) < 4.78 is 0. The Morgan fingerprint density at radius 1 is 1.10 bits per heavy atom. The van der Waals surface area contributed by atoms with Crippen LogP contribution in [0.4, 0.5) is 0 Å². The van der Waals surface area contributed by atoms with Gasteiger partial charge in [-0.25, -0.2) is 9.97 Å². The predicted octanol–water partition coefficient (Wildman–Crippen LogP) is 4.23. The molecule has 0 amide bonds. The lowest BCUT2D eigenvalue weighted by Crippen LogP contribution is -2.19. The zero-order chi connectivity index (χ0) is 15.4. The van der Waals surface area contributed by atoms with E-state index in [-0.39, 0.29) is 0 Å². The number of nitrogens with two attached hydrogens (primary N) is 1. The van der Waals surface area contributed by atoms with Gasteiger partial charge in [0.25, 0.3) is 0 Å². The molecule has 0 saturated heterocycles. The van der Waals surface area contributed by atoms with Crippen molar-refractivity contribution in [3.8, 4) is 0 Å². The number of rotatable bonds is 5. The molecule has 1 aromatic rings. The minimum Gasteiger partial charge on any atom is -0.330 e. The summed E-state index contributed by atoms with van der Waals surface area (Å²) in [6, 6.07) is 0. The van der Waals surface area contributed by atoms with Crippen molar-refractivity contribution in [1.29, 1.82) is 0 Å². The average Bonchev–Trinajstić information content (AvgIpc) is 2.47. The normalized spacial score (nSPS) is 24.0. The fourth-order valence-corrected chi connectivity index (χ4v) is 3.88. The number of nitrogens with zero attached hydrogens (tertiary/aromatic N) is 2. The van der Waals surface area contributed by atoms with Crippen molar-refractivity contribution in [1.82, 2.24) is 9.97 Å². The summed E-state index contributed by atoms with van der Waals surface area (Å²) in [5, 5.41) is 0. The van der Waals surface area contributed by atoms with Gasteiger partial charge in [0.15, 0.2) is 0 Å². The number of hydrogen-bond donors (Lipinski definition) is 1. The highest BCUT2D eigenvalue weighted by Crippen LogP contribution is 2.36. The quantitative estimate of drug-likeness (QED) is 0.882. The van der Waals surface area contributed by atoms with E-state index in [4.69, 9.17) is 15.7 Å². The monoisotopic (exact) mass is 289 g/mol. The van der Waals surface area contributed by atoms with E-state index in [1.54, 1.807) is 0 Å². The van der Waals surface area contributed by atoms with Gasteiger partial charge in [0.1, 0.15) is 5.82 Å². The summed E-state index contributed by atoms with van der Waals surface area (Å²) in [4.78, 5) is 9.66. The van der Waals surface area contributed by atoms with Gasteiger partial charge in [0, 0.05) is 17.3 Å². The Morgan fingerprint density at radius 3 is 2.14 bits per heavy atom. The van der Waals surface area contributed by atoms with Crippen LogP contribution in [0, 0.1) is 19.8 Å². The van der Waals surface area contributed by atoms with Crippen LogP contribution in [0.3, 0.4) is 0 Å². The van der Waals surface area contributed by atoms with E-state index in [1.807, 2.05) is 0 Å². The maximum atomic E-state index is 5.81. The predicted molar refractivity (Wildman–Crippen MR) is 88.6 cm³/mol. The van der Waals surface area contributed by atoms with Crippen molar-refractivity contribution < 1.29 is 0 Å². The van der Waals surface area contributed by atoms with Crippen LogP contribution in [0.1, 0.15) is 87.0 Å². The molecule has 1 saturated carbocycles. The number of aromatic nitrogens is 2. The van der Waals surface area contributed by atoms with Crippen molar-refractivity contribution in [3.63, 3.8) is 0 Å². The standard InChI is InChI=1S/C18H31N3/c1-5-6-15-7-9-16(10-8-15)18-20-13(3)17(12(2)11-19)14(4)21-18/h12,15-16H,5-11,19H2,1-4H3. The van der Waals surface area contributed by atoms with E-state index in [0.717, 1.165) is 23.1 Å². The Bertz CT molecular complexity index is 439. The summed E-state index contributed by atoms with van der Waals surface area (Å²) in [6.07, 6.45) is 7.92. The minimum absolute atomic E-state index is 0.347. The van der Waals surface area contributed by atoms with Crippen LogP contribution in [0.25, 0.3) is 0 Å². The molecule has 1 heterocycles. The molecule has 3 nitrogen and oxygen atoms in total. The first-order valence-electron chi connectivity index (χ1n) is 8.61. The van der Waals surface area contributed by atoms with E-state index in [1.165, 1.54) is 44.1 Å². The van der Waals surface area contributed by atoms with E-state index in [0.29, 0.717) is 18.4 Å². The molecular weight excluding hydrogens is 258 g/mol. The average molecular weight is 289 g/mol. The molecule has 1 aliphatic rings. The number of hydrogen-bond acceptors (Lipinski definition) is 3. The molecule has 0 aliphatic heterocycles. The van der Waals surface area contributed by atoms with Crippen LogP contribution >= 0.6 is 0 Å². The Hall–Kier alpha value is -0.960. The van der Waals surface area contributed by atoms with E-state index in [9.17, 15) is 0 Å². The maximum Gasteiger partial charge on any atom is 0.131 e. The molecule has 1 fully saturated rings. The van der Waals surface area contributed by atoms with Crippen molar-refractivity contribution >= 4 is 0 Å². The van der Waals surface area contributed by atoms with Gasteiger partial charge < -0.3 is 5.73 Å². The SMILES string of the molecule is CCCC1CCC(c2nc(C)c(C(C)CN)c(C)n2)CC1. The largest absolute Gasteiger partial charge is 0.330 e. The van der Waals surface area contributed by atoms with Crippen LogP contribution in [0.5, 0.6) is 0 Å². The first-order chi connectivity index (χ1) is 10.1. The molecule has 2 rings (SSSR count). The Labute approximate surface area is 129 Å². The number of aryl methyl sites for hydroxylation is 2. The molecule has 0 aromatic carbocycles. The maximum absolute atomic E-state index is 5.81. The van der Waals surface area contributed by atoms with Gasteiger partial charge in [0.05, 0.1) is 0 Å². The third kappa shape index (κ3) is 3.82. The molecule has 1 unspecified atom stereocenters. The van der Waals surface area contributed by atoms with E-state index >= 15 is 0 Å². The summed E-state index contributed by atoms with van der Waals surface area (Å²) in [5.41, 5.74) is 9.32. The summed E-state index contributed by atoms with van der Waals surface area (Å²) in [6.45, 7) is 9.34. The Kier molecular flexibility index (Phi) is 5.74. The van der Waals surface area contributed by atoms with Gasteiger partial charge in [-0.05, 0) is 63.5 Å². The highest BCUT2D eigenvalue weighted by Gasteiger charge is 2.25. The summed E-state index contributed by atoms with van der Waals surface area (Å²) >= 11 is 0. The van der Waals surface area contributed by atoms with Crippen molar-refractivity contribution in [2.45, 2.75) is 78.1 Å². The molecule has 2 N–H and O–H groups in total. The topological polar surface area (TPSA) is 51.8 Å². The van der Waals surface area contributed by atoms with E-state index < -0.39 is 0 Å². The molecule has 0 bridgehead atoms. The second-order valence-electron chi connectivity index (χ2n) is 6.81. The minimum atomic E-state index is 0.347. The smallest absolute Gasteiger partial charge is 0.131 e. The molecule has 1 atom stereocenters. The van der Waals surface area contributed by atoms with Gasteiger partial charge in [-0.15, -0.1) is 0 Å². The van der Waals surface area contributed by atoms with Gasteiger partial charge in [-0.2, -0.15) is 0 Å². The zero-order valence-corrected chi connectivity index (χ0v) is 14.2. The molecular formula is C18H31N3. The second-order valence-corrected chi connectivity index (χ2v) is 6.81. The Morgan fingerprint density at radius 2 is 1.67 bits per heavy atom. The van der Waals surface area contributed by atoms with Crippen LogP contribution in [-0.2, 0) is 0 Å². The van der Waals surface area contributed by atoms with E-state index in [2.05, 4.69) is 27.7 Å². The third-order valence-corrected chi connectivity index (χ3v) is 5.10. The fourth-order valence-electron chi connectivity index (χ4n) is 3.88. The third-order valence-electron chi connectivity index (χ3n) is 5.10. The van der Waals surface area contributed by atoms with Gasteiger partial charge in [0.2, 0.25) is 0 Å². The molecule has 1 aromatic heterocycles. The summed E-state index contributed by atoms with van der Waals surface area (Å²) in [7, 11) is 0. The first kappa shape index (κ1) is 16.4. The lowest BCUT2D eigenvalue weighted by molar-refractivity contribution is 0.301. The van der Waals surface area contributed by atoms with Crippen LogP contribution < -0.4 is 5.73 Å². The van der Waals surface area contributed by atoms with Crippen LogP contribution in [0.2, 0.25) is 0 Å². The van der Waals surface area contributed by atoms with Gasteiger partial charge in [-0.1, -0.05) is 26.7 Å². The lowest BCUT2D eigenvalue weighted by Gasteiger charge is -2.28. The zero-order valence-electron chi connectivity index (χ0n) is 14.2. The molecule has 118 valence electrons. The van der Waals surface area contributed by atoms with Gasteiger partial charge >= 0.3 is 0 Å². The van der Waals surface area contributed by atoms with Gasteiger partial charge in [-0.3, -0.25) is 0 Å². The highest BCUT2D eigenvalue weighted by atomic mass is 14.9. The van der Waals surface area contributed by atoms with Crippen LogP contribution in [-0.4, -0.2) is 16.5 Å². The summed E-state index contributed by atoms with van der Waals surface area (Å²) in [5.74, 6) is 2.93. The van der Waals surface area contributed by atoms with Crippen molar-refractivity contribution in [2.75, 3.05) is 6.54 Å². The fraction of sp³-hybridized carbons (Fsp3) is 0.778. The lowest BCUT2D eigenvalue weighted by atomic mass is 9.79. The second kappa shape index (κ2) is 7.35. The molecule has 0 spiro atoms. The van der Waals surface area contributed by atoms with Crippen molar-refractivity contribution in [2.24, 2.45) is 11.7 Å². The van der Waals surface area contributed by atoms with Crippen LogP contribution in [0.15, 0.2) is 0 Å². The highest BCUT2D eigenvalue weighted by molar-refractivity contribution is 5.29. The molecule has 1 aliphatic carbocycles. The molecule has 3 heteroatoms. The molecule has 0 radical (unpaired) electrons.